The molecule has 1 fully saturated rings. The third-order valence-electron chi connectivity index (χ3n) is 5.30. The third-order valence-corrected chi connectivity index (χ3v) is 6.16. The van der Waals surface area contributed by atoms with Crippen molar-refractivity contribution in [2.75, 3.05) is 40.0 Å². The quantitative estimate of drug-likeness (QED) is 0.658. The Morgan fingerprint density at radius 2 is 2.11 bits per heavy atom. The molecular formula is C22H32N2O3S. The summed E-state index contributed by atoms with van der Waals surface area (Å²) in [6.45, 7) is 8.48. The maximum Gasteiger partial charge on any atom is 0.124 e. The second-order valence-electron chi connectivity index (χ2n) is 7.23. The summed E-state index contributed by atoms with van der Waals surface area (Å²) in [7, 11) is 1.71. The minimum atomic E-state index is 0.237. The van der Waals surface area contributed by atoms with Gasteiger partial charge in [-0.05, 0) is 42.5 Å². The number of piperazine rings is 1. The number of aliphatic hydroxyl groups is 1. The monoisotopic (exact) mass is 404 g/mol. The molecule has 0 aliphatic carbocycles. The van der Waals surface area contributed by atoms with Crippen molar-refractivity contribution in [3.05, 3.63) is 51.7 Å². The van der Waals surface area contributed by atoms with Gasteiger partial charge in [-0.25, -0.2) is 0 Å². The smallest absolute Gasteiger partial charge is 0.124 e. The van der Waals surface area contributed by atoms with Gasteiger partial charge in [0.2, 0.25) is 0 Å². The lowest BCUT2D eigenvalue weighted by Crippen LogP contribution is -2.52. The van der Waals surface area contributed by atoms with Crippen molar-refractivity contribution in [3.63, 3.8) is 0 Å². The minimum Gasteiger partial charge on any atom is -0.496 e. The molecule has 0 bridgehead atoms. The molecule has 0 radical (unpaired) electrons. The Morgan fingerprint density at radius 3 is 2.82 bits per heavy atom. The second-order valence-corrected chi connectivity index (χ2v) is 8.27. The zero-order chi connectivity index (χ0) is 19.8. The van der Waals surface area contributed by atoms with Crippen LogP contribution in [0.4, 0.5) is 0 Å². The van der Waals surface area contributed by atoms with E-state index < -0.39 is 0 Å². The molecule has 6 heteroatoms. The Kier molecular flexibility index (Phi) is 8.30. The van der Waals surface area contributed by atoms with Gasteiger partial charge in [-0.15, -0.1) is 11.3 Å². The molecule has 1 atom stereocenters. The van der Waals surface area contributed by atoms with Crippen LogP contribution in [-0.2, 0) is 24.4 Å². The van der Waals surface area contributed by atoms with Crippen molar-refractivity contribution in [1.82, 2.24) is 9.80 Å². The van der Waals surface area contributed by atoms with Gasteiger partial charge in [0, 0.05) is 62.4 Å². The Balaban J connectivity index is 1.63. The first kappa shape index (κ1) is 21.3. The van der Waals surface area contributed by atoms with Crippen molar-refractivity contribution in [3.8, 4) is 5.75 Å². The summed E-state index contributed by atoms with van der Waals surface area (Å²) < 4.78 is 11.1. The van der Waals surface area contributed by atoms with Crippen LogP contribution < -0.4 is 4.74 Å². The first-order valence-electron chi connectivity index (χ1n) is 10.1. The molecule has 2 aromatic rings. The molecule has 3 rings (SSSR count). The van der Waals surface area contributed by atoms with Crippen LogP contribution in [0.3, 0.4) is 0 Å². The Bertz CT molecular complexity index is 708. The first-order chi connectivity index (χ1) is 13.7. The van der Waals surface area contributed by atoms with Gasteiger partial charge in [-0.1, -0.05) is 12.1 Å². The molecule has 0 saturated carbocycles. The van der Waals surface area contributed by atoms with E-state index in [4.69, 9.17) is 9.47 Å². The third kappa shape index (κ3) is 5.78. The number of aliphatic hydroxyl groups excluding tert-OH is 1. The number of ether oxygens (including phenoxy) is 2. The average Bonchev–Trinajstić information content (AvgIpc) is 3.22. The Hall–Kier alpha value is -1.44. The molecule has 5 nitrogen and oxygen atoms in total. The van der Waals surface area contributed by atoms with Gasteiger partial charge < -0.3 is 14.6 Å². The Labute approximate surface area is 172 Å². The molecule has 0 amide bonds. The molecule has 1 unspecified atom stereocenters. The minimum absolute atomic E-state index is 0.237. The molecule has 0 spiro atoms. The van der Waals surface area contributed by atoms with Crippen LogP contribution in [0.1, 0.15) is 29.3 Å². The normalized spacial score (nSPS) is 18.5. The van der Waals surface area contributed by atoms with Crippen LogP contribution in [-0.4, -0.2) is 60.9 Å². The number of nitrogens with zero attached hydrogens (tertiary/aromatic N) is 2. The van der Waals surface area contributed by atoms with E-state index in [1.54, 1.807) is 7.11 Å². The van der Waals surface area contributed by atoms with Gasteiger partial charge in [0.25, 0.3) is 0 Å². The summed E-state index contributed by atoms with van der Waals surface area (Å²) in [5.74, 6) is 0.885. The van der Waals surface area contributed by atoms with Crippen LogP contribution in [0, 0.1) is 0 Å². The molecule has 1 aliphatic heterocycles. The number of hydrogen-bond donors (Lipinski definition) is 1. The lowest BCUT2D eigenvalue weighted by atomic mass is 10.1. The van der Waals surface area contributed by atoms with Gasteiger partial charge in [-0.3, -0.25) is 9.80 Å². The molecule has 154 valence electrons. The van der Waals surface area contributed by atoms with E-state index in [-0.39, 0.29) is 6.61 Å². The van der Waals surface area contributed by atoms with Crippen LogP contribution in [0.25, 0.3) is 0 Å². The average molecular weight is 405 g/mol. The lowest BCUT2D eigenvalue weighted by Gasteiger charge is -2.41. The van der Waals surface area contributed by atoms with Crippen molar-refractivity contribution < 1.29 is 14.6 Å². The highest BCUT2D eigenvalue weighted by molar-refractivity contribution is 7.09. The van der Waals surface area contributed by atoms with E-state index >= 15 is 0 Å². The van der Waals surface area contributed by atoms with E-state index in [2.05, 4.69) is 39.4 Å². The summed E-state index contributed by atoms with van der Waals surface area (Å²) in [6, 6.07) is 11.1. The number of benzene rings is 1. The molecule has 1 saturated heterocycles. The van der Waals surface area contributed by atoms with Crippen molar-refractivity contribution >= 4 is 11.3 Å². The highest BCUT2D eigenvalue weighted by Crippen LogP contribution is 2.24. The summed E-state index contributed by atoms with van der Waals surface area (Å²) >= 11 is 1.81. The SMILES string of the molecule is CCOCc1cc(CN2CCN(Cc3cccs3)C(CCO)C2)ccc1OC. The summed E-state index contributed by atoms with van der Waals surface area (Å²) in [5.41, 5.74) is 2.38. The maximum atomic E-state index is 9.54. The highest BCUT2D eigenvalue weighted by Gasteiger charge is 2.27. The number of thiophene rings is 1. The number of methoxy groups -OCH3 is 1. The fraction of sp³-hybridized carbons (Fsp3) is 0.545. The van der Waals surface area contributed by atoms with Crippen molar-refractivity contribution in [1.29, 1.82) is 0 Å². The zero-order valence-electron chi connectivity index (χ0n) is 17.0. The first-order valence-corrected chi connectivity index (χ1v) is 10.9. The topological polar surface area (TPSA) is 45.2 Å². The van der Waals surface area contributed by atoms with E-state index in [0.29, 0.717) is 19.3 Å². The van der Waals surface area contributed by atoms with Gasteiger partial charge in [-0.2, -0.15) is 0 Å². The highest BCUT2D eigenvalue weighted by atomic mass is 32.1. The largest absolute Gasteiger partial charge is 0.496 e. The predicted octanol–water partition coefficient (Wildman–Crippen LogP) is 3.36. The zero-order valence-corrected chi connectivity index (χ0v) is 17.8. The molecule has 1 N–H and O–H groups in total. The number of hydrogen-bond acceptors (Lipinski definition) is 6. The van der Waals surface area contributed by atoms with E-state index in [9.17, 15) is 5.11 Å². The summed E-state index contributed by atoms with van der Waals surface area (Å²) in [6.07, 6.45) is 0.820. The van der Waals surface area contributed by atoms with Crippen LogP contribution in [0.15, 0.2) is 35.7 Å². The van der Waals surface area contributed by atoms with Crippen molar-refractivity contribution in [2.45, 2.75) is 39.1 Å². The van der Waals surface area contributed by atoms with Gasteiger partial charge in [0.1, 0.15) is 5.75 Å². The van der Waals surface area contributed by atoms with Crippen LogP contribution in [0.5, 0.6) is 5.75 Å². The van der Waals surface area contributed by atoms with E-state index in [1.807, 2.05) is 24.3 Å². The van der Waals surface area contributed by atoms with Gasteiger partial charge >= 0.3 is 0 Å². The fourth-order valence-corrected chi connectivity index (χ4v) is 4.58. The molecular weight excluding hydrogens is 372 g/mol. The molecule has 1 aromatic carbocycles. The fourth-order valence-electron chi connectivity index (χ4n) is 3.85. The predicted molar refractivity (Wildman–Crippen MR) is 114 cm³/mol. The van der Waals surface area contributed by atoms with Gasteiger partial charge in [0.15, 0.2) is 0 Å². The second kappa shape index (κ2) is 10.9. The Morgan fingerprint density at radius 1 is 1.21 bits per heavy atom. The van der Waals surface area contributed by atoms with Gasteiger partial charge in [0.05, 0.1) is 13.7 Å². The standard InChI is InChI=1S/C22H32N2O3S/c1-3-27-17-19-13-18(6-7-22(19)26-2)14-23-9-10-24(20(15-23)8-11-25)16-21-5-4-12-28-21/h4-7,12-13,20,25H,3,8-11,14-17H2,1-2H3. The van der Waals surface area contributed by atoms with Crippen molar-refractivity contribution in [2.24, 2.45) is 0 Å². The van der Waals surface area contributed by atoms with E-state index in [0.717, 1.165) is 50.5 Å². The van der Waals surface area contributed by atoms with E-state index in [1.165, 1.54) is 10.4 Å². The van der Waals surface area contributed by atoms with Crippen LogP contribution in [0.2, 0.25) is 0 Å². The molecule has 1 aliphatic rings. The molecule has 28 heavy (non-hydrogen) atoms. The molecule has 1 aromatic heterocycles. The van der Waals surface area contributed by atoms with Crippen LogP contribution >= 0.6 is 11.3 Å². The molecule has 2 heterocycles. The number of rotatable bonds is 10. The maximum absolute atomic E-state index is 9.54. The summed E-state index contributed by atoms with van der Waals surface area (Å²) in [5, 5.41) is 11.7. The summed E-state index contributed by atoms with van der Waals surface area (Å²) in [4.78, 5) is 6.41. The lowest BCUT2D eigenvalue weighted by molar-refractivity contribution is 0.0506.